The number of ether oxygens (including phenoxy) is 3. The van der Waals surface area contributed by atoms with Crippen LogP contribution in [-0.2, 0) is 35.1 Å². The highest BCUT2D eigenvalue weighted by Gasteiger charge is 2.30. The molecule has 0 spiro atoms. The Labute approximate surface area is 209 Å². The van der Waals surface area contributed by atoms with Crippen LogP contribution < -0.4 is 0 Å². The van der Waals surface area contributed by atoms with Crippen LogP contribution in [0.1, 0.15) is 50.6 Å². The molecule has 0 radical (unpaired) electrons. The maximum atomic E-state index is 11.3. The molecule has 5 atom stereocenters. The number of oxime groups is 1. The summed E-state index contributed by atoms with van der Waals surface area (Å²) >= 11 is 0. The number of rotatable bonds is 12. The van der Waals surface area contributed by atoms with Crippen LogP contribution in [0.25, 0.3) is 0 Å². The number of hydrogen-bond acceptors (Lipinski definition) is 10. The second-order valence-corrected chi connectivity index (χ2v) is 8.40. The summed E-state index contributed by atoms with van der Waals surface area (Å²) in [6.45, 7) is 4.30. The topological polar surface area (TPSA) is 134 Å². The van der Waals surface area contributed by atoms with Crippen molar-refractivity contribution in [1.29, 1.82) is 0 Å². The molecule has 3 rings (SSSR count). The molecule has 1 aliphatic heterocycles. The minimum Gasteiger partial charge on any atom is -0.463 e. The fraction of sp³-hybridized carbons (Fsp3) is 0.480. The van der Waals surface area contributed by atoms with Gasteiger partial charge in [-0.15, -0.1) is 5.10 Å². The summed E-state index contributed by atoms with van der Waals surface area (Å²) < 4.78 is 17.8. The van der Waals surface area contributed by atoms with E-state index >= 15 is 0 Å². The molecule has 1 aliphatic rings. The number of hydrogen-bond donors (Lipinski definition) is 1. The first kappa shape index (κ1) is 27.0. The molecule has 1 aromatic heterocycles. The Kier molecular flexibility index (Phi) is 10.1. The first-order valence-corrected chi connectivity index (χ1v) is 11.7. The third-order valence-electron chi connectivity index (χ3n) is 5.46. The van der Waals surface area contributed by atoms with E-state index in [1.54, 1.807) is 36.2 Å². The predicted molar refractivity (Wildman–Crippen MR) is 129 cm³/mol. The van der Waals surface area contributed by atoms with Gasteiger partial charge in [0.1, 0.15) is 24.5 Å². The van der Waals surface area contributed by atoms with E-state index in [9.17, 15) is 14.7 Å². The van der Waals surface area contributed by atoms with Crippen LogP contribution in [0.15, 0.2) is 53.8 Å². The van der Waals surface area contributed by atoms with Crippen molar-refractivity contribution in [3.63, 3.8) is 0 Å². The molecule has 0 saturated heterocycles. The van der Waals surface area contributed by atoms with Gasteiger partial charge in [0, 0.05) is 26.5 Å². The summed E-state index contributed by atoms with van der Waals surface area (Å²) in [5, 5.41) is 22.1. The molecular weight excluding hydrogens is 468 g/mol. The Hall–Kier alpha value is -3.57. The fourth-order valence-electron chi connectivity index (χ4n) is 3.60. The zero-order valence-corrected chi connectivity index (χ0v) is 20.6. The molecule has 0 bridgehead atoms. The Bertz CT molecular complexity index is 1040. The lowest BCUT2D eigenvalue weighted by molar-refractivity contribution is -0.163. The molecule has 0 fully saturated rings. The number of nitrogens with zero attached hydrogens (tertiary/aromatic N) is 4. The Morgan fingerprint density at radius 3 is 2.69 bits per heavy atom. The van der Waals surface area contributed by atoms with Crippen molar-refractivity contribution in [2.24, 2.45) is 5.16 Å². The van der Waals surface area contributed by atoms with Gasteiger partial charge < -0.3 is 24.2 Å². The van der Waals surface area contributed by atoms with Gasteiger partial charge >= 0.3 is 11.9 Å². The molecule has 2 aromatic rings. The van der Waals surface area contributed by atoms with Crippen LogP contribution in [0.3, 0.4) is 0 Å². The van der Waals surface area contributed by atoms with E-state index in [1.807, 2.05) is 30.3 Å². The van der Waals surface area contributed by atoms with E-state index in [0.29, 0.717) is 18.5 Å². The van der Waals surface area contributed by atoms with E-state index in [-0.39, 0.29) is 25.4 Å². The van der Waals surface area contributed by atoms with Crippen LogP contribution in [0.5, 0.6) is 0 Å². The van der Waals surface area contributed by atoms with Crippen molar-refractivity contribution in [3.8, 4) is 0 Å². The minimum atomic E-state index is -0.640. The van der Waals surface area contributed by atoms with Gasteiger partial charge in [-0.05, 0) is 25.0 Å². The summed E-state index contributed by atoms with van der Waals surface area (Å²) in [5.74, 6) is -0.900. The lowest BCUT2D eigenvalue weighted by atomic mass is 10.1. The number of esters is 2. The molecule has 1 N–H and O–H groups in total. The highest BCUT2D eigenvalue weighted by atomic mass is 16.6. The van der Waals surface area contributed by atoms with Crippen molar-refractivity contribution in [2.75, 3.05) is 13.2 Å². The highest BCUT2D eigenvalue weighted by Crippen LogP contribution is 2.20. The normalized spacial score (nSPS) is 21.2. The summed E-state index contributed by atoms with van der Waals surface area (Å²) in [6, 6.07) is 9.62. The second-order valence-electron chi connectivity index (χ2n) is 8.40. The maximum absolute atomic E-state index is 11.3. The van der Waals surface area contributed by atoms with Gasteiger partial charge in [0.25, 0.3) is 0 Å². The van der Waals surface area contributed by atoms with Crippen molar-refractivity contribution < 1.29 is 33.7 Å². The number of benzene rings is 1. The van der Waals surface area contributed by atoms with Crippen molar-refractivity contribution >= 4 is 18.2 Å². The van der Waals surface area contributed by atoms with Gasteiger partial charge in [-0.2, -0.15) is 0 Å². The van der Waals surface area contributed by atoms with Gasteiger partial charge in [0.2, 0.25) is 0 Å². The maximum Gasteiger partial charge on any atom is 0.303 e. The van der Waals surface area contributed by atoms with E-state index < -0.39 is 30.3 Å². The average Bonchev–Trinajstić information content (AvgIpc) is 3.35. The van der Waals surface area contributed by atoms with E-state index in [1.165, 1.54) is 13.8 Å². The molecule has 2 heterocycles. The number of aromatic nitrogens is 3. The summed E-state index contributed by atoms with van der Waals surface area (Å²) in [5.41, 5.74) is 1.67. The van der Waals surface area contributed by atoms with E-state index in [0.717, 1.165) is 5.56 Å². The lowest BCUT2D eigenvalue weighted by Gasteiger charge is -2.31. The average molecular weight is 501 g/mol. The summed E-state index contributed by atoms with van der Waals surface area (Å²) in [7, 11) is 0. The lowest BCUT2D eigenvalue weighted by Crippen LogP contribution is -2.41. The molecule has 1 aromatic carbocycles. The zero-order valence-electron chi connectivity index (χ0n) is 20.6. The van der Waals surface area contributed by atoms with Crippen LogP contribution in [0.2, 0.25) is 0 Å². The monoisotopic (exact) mass is 500 g/mol. The van der Waals surface area contributed by atoms with Crippen molar-refractivity contribution in [3.05, 3.63) is 59.9 Å². The fourth-order valence-corrected chi connectivity index (χ4v) is 3.60. The standard InChI is InChI=1S/C25H32N4O7/c1-17(23-14-29(28-27-23)21(15-30)13-20-7-5-4-6-8-20)36-26-12-11-22-9-10-24(34-19(3)32)25(35-22)16-33-18(2)31/h4-10,12,14,17,21-22,24-25,30H,11,13,15-16H2,1-3H3/t17-,21+,22+,24+,25-/m1/s1. The molecule has 0 amide bonds. The van der Waals surface area contributed by atoms with Crippen molar-refractivity contribution in [1.82, 2.24) is 15.0 Å². The Morgan fingerprint density at radius 1 is 1.22 bits per heavy atom. The molecule has 11 heteroatoms. The second kappa shape index (κ2) is 13.5. The van der Waals surface area contributed by atoms with E-state index in [4.69, 9.17) is 19.0 Å². The van der Waals surface area contributed by atoms with Crippen LogP contribution >= 0.6 is 0 Å². The van der Waals surface area contributed by atoms with Gasteiger partial charge in [0.05, 0.1) is 24.9 Å². The third-order valence-corrected chi connectivity index (χ3v) is 5.46. The van der Waals surface area contributed by atoms with Crippen molar-refractivity contribution in [2.45, 2.75) is 64.1 Å². The van der Waals surface area contributed by atoms with Gasteiger partial charge in [0.15, 0.2) is 6.10 Å². The quantitative estimate of drug-likeness (QED) is 0.202. The molecule has 194 valence electrons. The SMILES string of the molecule is CC(=O)OC[C@H]1O[C@H](CC=NO[C@H](C)c2cn([C@H](CO)Cc3ccccc3)nn2)C=C[C@@H]1OC(C)=O. The first-order chi connectivity index (χ1) is 17.4. The van der Waals surface area contributed by atoms with Gasteiger partial charge in [-0.3, -0.25) is 9.59 Å². The minimum absolute atomic E-state index is 0.0342. The Balaban J connectivity index is 1.51. The summed E-state index contributed by atoms with van der Waals surface area (Å²) in [6.07, 6.45) is 5.73. The molecule has 0 unspecified atom stereocenters. The van der Waals surface area contributed by atoms with Gasteiger partial charge in [-0.1, -0.05) is 46.8 Å². The number of aliphatic hydroxyl groups excluding tert-OH is 1. The molecule has 0 saturated carbocycles. The first-order valence-electron chi connectivity index (χ1n) is 11.7. The third kappa shape index (κ3) is 8.28. The predicted octanol–water partition coefficient (Wildman–Crippen LogP) is 2.33. The molecular formula is C25H32N4O7. The molecule has 11 nitrogen and oxygen atoms in total. The number of carbonyl (C=O) groups excluding carboxylic acids is 2. The zero-order chi connectivity index (χ0) is 25.9. The Morgan fingerprint density at radius 2 is 2.00 bits per heavy atom. The van der Waals surface area contributed by atoms with Crippen LogP contribution in [0, 0.1) is 0 Å². The smallest absolute Gasteiger partial charge is 0.303 e. The van der Waals surface area contributed by atoms with Crippen LogP contribution in [0.4, 0.5) is 0 Å². The molecule has 36 heavy (non-hydrogen) atoms. The van der Waals surface area contributed by atoms with Crippen LogP contribution in [-0.4, -0.2) is 69.8 Å². The largest absolute Gasteiger partial charge is 0.463 e. The number of aliphatic hydroxyl groups is 1. The summed E-state index contributed by atoms with van der Waals surface area (Å²) in [4.78, 5) is 28.0. The molecule has 0 aliphatic carbocycles. The number of carbonyl (C=O) groups is 2. The highest BCUT2D eigenvalue weighted by molar-refractivity contribution is 5.67. The van der Waals surface area contributed by atoms with Gasteiger partial charge in [-0.25, -0.2) is 4.68 Å². The van der Waals surface area contributed by atoms with E-state index in [2.05, 4.69) is 15.5 Å².